The molecule has 4 rings (SSSR count). The number of nitrogens with one attached hydrogen (secondary N) is 4. The van der Waals surface area contributed by atoms with Crippen LogP contribution in [0, 0.1) is 0 Å². The molecule has 0 bridgehead atoms. The van der Waals surface area contributed by atoms with E-state index in [0.717, 1.165) is 22.7 Å². The molecule has 210 valence electrons. The van der Waals surface area contributed by atoms with Gasteiger partial charge in [-0.25, -0.2) is 0 Å². The molecule has 0 unspecified atom stereocenters. The fraction of sp³-hybridized carbons (Fsp3) is 0. The van der Waals surface area contributed by atoms with Crippen LogP contribution in [0.25, 0.3) is 0 Å². The third-order valence-corrected chi connectivity index (χ3v) is 4.90. The van der Waals surface area contributed by atoms with Crippen LogP contribution in [0.1, 0.15) is 0 Å². The van der Waals surface area contributed by atoms with Crippen LogP contribution in [-0.2, 0) is 71.6 Å². The van der Waals surface area contributed by atoms with Crippen molar-refractivity contribution in [3.05, 3.63) is 121 Å². The minimum absolute atomic E-state index is 0. The molecule has 0 spiro atoms. The van der Waals surface area contributed by atoms with Gasteiger partial charge in [0.2, 0.25) is 0 Å². The van der Waals surface area contributed by atoms with Gasteiger partial charge in [0.05, 0.1) is 0 Å². The van der Waals surface area contributed by atoms with Gasteiger partial charge in [0.15, 0.2) is 0 Å². The molecule has 0 saturated carbocycles. The number of anilines is 4. The Bertz CT molecular complexity index is 1090. The standard InChI is InChI=1S/4C7H7NS2.Mo/c4*9-7(10)8-6-4-2-1-3-5-6;/h4*1-5H,(H2,8,9,10);/q;;;;+4/p-4. The van der Waals surface area contributed by atoms with Gasteiger partial charge in [-0.3, -0.25) is 0 Å². The molecule has 4 N–H and O–H groups in total. The van der Waals surface area contributed by atoms with Gasteiger partial charge in [0.1, 0.15) is 0 Å². The molecule has 0 atom stereocenters. The van der Waals surface area contributed by atoms with E-state index >= 15 is 0 Å². The molecule has 4 aromatic carbocycles. The SMILES string of the molecule is S=C([S-])Nc1ccccc1.S=C([S-])Nc1ccccc1.S=C([S-])Nc1ccccc1.S=C([S-])Nc1ccccc1.[Mo+4]. The van der Waals surface area contributed by atoms with Crippen molar-refractivity contribution in [1.29, 1.82) is 0 Å². The van der Waals surface area contributed by atoms with Crippen molar-refractivity contribution >= 4 is 139 Å². The van der Waals surface area contributed by atoms with Gasteiger partial charge >= 0.3 is 21.1 Å². The van der Waals surface area contributed by atoms with Gasteiger partial charge in [0, 0.05) is 22.7 Å². The molecular weight excluding hydrogens is 745 g/mol. The van der Waals surface area contributed by atoms with Crippen LogP contribution in [0.2, 0.25) is 0 Å². The number of thiocarbonyl (C=S) groups is 4. The van der Waals surface area contributed by atoms with E-state index in [-0.39, 0.29) is 21.1 Å². The Morgan fingerprint density at radius 2 is 0.488 bits per heavy atom. The predicted octanol–water partition coefficient (Wildman–Crippen LogP) is 7.72. The Balaban J connectivity index is 0.000000516. The quantitative estimate of drug-likeness (QED) is 0.0935. The molecule has 0 aliphatic heterocycles. The summed E-state index contributed by atoms with van der Waals surface area (Å²) in [5.41, 5.74) is 3.79. The number of rotatable bonds is 4. The van der Waals surface area contributed by atoms with Crippen LogP contribution in [0.3, 0.4) is 0 Å². The van der Waals surface area contributed by atoms with Gasteiger partial charge in [-0.15, -0.1) is 0 Å². The van der Waals surface area contributed by atoms with E-state index < -0.39 is 0 Å². The summed E-state index contributed by atoms with van der Waals surface area (Å²) in [5.74, 6) is 0. The fourth-order valence-corrected chi connectivity index (χ4v) is 3.50. The second-order valence-corrected chi connectivity index (χ2v) is 11.4. The summed E-state index contributed by atoms with van der Waals surface area (Å²) in [7, 11) is 0. The first-order chi connectivity index (χ1) is 19.2. The Hall–Kier alpha value is -1.99. The van der Waals surface area contributed by atoms with E-state index in [1.807, 2.05) is 121 Å². The van der Waals surface area contributed by atoms with Crippen molar-refractivity contribution in [2.45, 2.75) is 0 Å². The Morgan fingerprint density at radius 3 is 0.610 bits per heavy atom. The van der Waals surface area contributed by atoms with Crippen molar-refractivity contribution in [3.8, 4) is 0 Å². The normalized spacial score (nSPS) is 8.59. The maximum absolute atomic E-state index is 4.68. The third kappa shape index (κ3) is 23.3. The molecule has 0 fully saturated rings. The average Bonchev–Trinajstić information content (AvgIpc) is 2.91. The van der Waals surface area contributed by atoms with Gasteiger partial charge in [-0.2, -0.15) is 0 Å². The zero-order chi connectivity index (χ0) is 29.6. The van der Waals surface area contributed by atoms with Gasteiger partial charge < -0.3 is 121 Å². The fourth-order valence-electron chi connectivity index (χ4n) is 2.56. The van der Waals surface area contributed by atoms with Crippen LogP contribution in [0.15, 0.2) is 121 Å². The second-order valence-electron chi connectivity index (χ2n) is 7.11. The number of para-hydroxylation sites is 4. The smallest absolute Gasteiger partial charge is 0.411 e. The molecule has 0 saturated heterocycles. The van der Waals surface area contributed by atoms with E-state index in [2.05, 4.69) is 121 Å². The average molecular weight is 769 g/mol. The largest absolute Gasteiger partial charge is 4.00 e. The van der Waals surface area contributed by atoms with Crippen molar-refractivity contribution in [2.24, 2.45) is 0 Å². The molecule has 13 heteroatoms. The molecule has 0 aromatic heterocycles. The topological polar surface area (TPSA) is 48.1 Å². The number of benzene rings is 4. The Kier molecular flexibility index (Phi) is 23.4. The molecular formula is C28H24MoN4S8. The van der Waals surface area contributed by atoms with Crippen LogP contribution in [-0.4, -0.2) is 17.3 Å². The molecule has 0 amide bonds. The van der Waals surface area contributed by atoms with Crippen molar-refractivity contribution in [3.63, 3.8) is 0 Å². The van der Waals surface area contributed by atoms with Crippen molar-refractivity contribution < 1.29 is 21.1 Å². The van der Waals surface area contributed by atoms with E-state index in [1.54, 1.807) is 0 Å². The van der Waals surface area contributed by atoms with Gasteiger partial charge in [-0.05, 0) is 48.5 Å². The Morgan fingerprint density at radius 1 is 0.341 bits per heavy atom. The number of hydrogen-bond donors (Lipinski definition) is 4. The monoisotopic (exact) mass is 770 g/mol. The minimum Gasteiger partial charge on any atom is -0.411 e. The summed E-state index contributed by atoms with van der Waals surface area (Å²) in [6, 6.07) is 38.5. The summed E-state index contributed by atoms with van der Waals surface area (Å²) in [6.45, 7) is 0. The molecule has 0 heterocycles. The Labute approximate surface area is 300 Å². The van der Waals surface area contributed by atoms with E-state index in [9.17, 15) is 0 Å². The maximum Gasteiger partial charge on any atom is 4.00 e. The minimum atomic E-state index is 0. The zero-order valence-corrected chi connectivity index (χ0v) is 29.8. The molecule has 4 aromatic rings. The van der Waals surface area contributed by atoms with E-state index in [0.29, 0.717) is 17.3 Å². The molecule has 0 radical (unpaired) electrons. The molecule has 0 aliphatic rings. The summed E-state index contributed by atoms with van der Waals surface area (Å²) in [6.07, 6.45) is 0. The molecule has 4 nitrogen and oxygen atoms in total. The molecule has 0 aliphatic carbocycles. The summed E-state index contributed by atoms with van der Waals surface area (Å²) in [5, 5.41) is 11.4. The van der Waals surface area contributed by atoms with Crippen LogP contribution in [0.5, 0.6) is 0 Å². The van der Waals surface area contributed by atoms with Gasteiger partial charge in [-0.1, -0.05) is 90.1 Å². The maximum atomic E-state index is 4.68. The van der Waals surface area contributed by atoms with Crippen LogP contribution < -0.4 is 21.3 Å². The number of hydrogen-bond acceptors (Lipinski definition) is 8. The first-order valence-electron chi connectivity index (χ1n) is 11.3. The summed E-state index contributed by atoms with van der Waals surface area (Å²) < 4.78 is 1.52. The first-order valence-corrected chi connectivity index (χ1v) is 14.5. The summed E-state index contributed by atoms with van der Waals surface area (Å²) in [4.78, 5) is 0. The predicted molar refractivity (Wildman–Crippen MR) is 200 cm³/mol. The van der Waals surface area contributed by atoms with Crippen LogP contribution >= 0.6 is 48.9 Å². The van der Waals surface area contributed by atoms with Crippen LogP contribution in [0.4, 0.5) is 22.7 Å². The third-order valence-electron chi connectivity index (χ3n) is 4.08. The van der Waals surface area contributed by atoms with Gasteiger partial charge in [0.25, 0.3) is 0 Å². The summed E-state index contributed by atoms with van der Waals surface area (Å²) >= 11 is 37.4. The first kappa shape index (κ1) is 39.0. The van der Waals surface area contributed by atoms with E-state index in [4.69, 9.17) is 0 Å². The van der Waals surface area contributed by atoms with Crippen molar-refractivity contribution in [2.75, 3.05) is 21.3 Å². The van der Waals surface area contributed by atoms with E-state index in [1.165, 1.54) is 0 Å². The molecule has 41 heavy (non-hydrogen) atoms. The van der Waals surface area contributed by atoms with Crippen molar-refractivity contribution in [1.82, 2.24) is 0 Å². The zero-order valence-electron chi connectivity index (χ0n) is 21.2. The second kappa shape index (κ2) is 24.6.